The van der Waals surface area contributed by atoms with Crippen molar-refractivity contribution in [2.45, 2.75) is 52.6 Å². The highest BCUT2D eigenvalue weighted by molar-refractivity contribution is 6.44. The molecule has 3 atom stereocenters. The number of hydrogen-bond donors (Lipinski definition) is 4. The molecule has 0 aromatic carbocycles. The Kier molecular flexibility index (Phi) is 5.82. The highest BCUT2D eigenvalue weighted by Gasteiger charge is 2.60. The number of hydrogen-bond acceptors (Lipinski definition) is 3. The Morgan fingerprint density at radius 1 is 1.21 bits per heavy atom. The summed E-state index contributed by atoms with van der Waals surface area (Å²) in [6.07, 6.45) is -0.900. The van der Waals surface area contributed by atoms with Gasteiger partial charge in [-0.15, -0.1) is 0 Å². The van der Waals surface area contributed by atoms with Gasteiger partial charge in [-0.05, 0) is 34.6 Å². The van der Waals surface area contributed by atoms with Crippen LogP contribution in [0.2, 0.25) is 10.0 Å². The topological polar surface area (TPSA) is 119 Å². The molecule has 0 bridgehead atoms. The average Bonchev–Trinajstić information content (AvgIpc) is 2.82. The number of amides is 2. The molecule has 28 heavy (non-hydrogen) atoms. The minimum Gasteiger partial charge on any atom is -0.481 e. The second kappa shape index (κ2) is 7.24. The minimum atomic E-state index is -1.49. The fourth-order valence-electron chi connectivity index (χ4n) is 3.85. The molecule has 156 valence electrons. The fraction of sp³-hybridized carbons (Fsp3) is 0.611. The fourth-order valence-corrected chi connectivity index (χ4v) is 4.26. The van der Waals surface area contributed by atoms with E-state index < -0.39 is 39.4 Å². The lowest BCUT2D eigenvalue weighted by atomic mass is 9.74. The standard InChI is InChI=1S/C18H25Cl2N3O5/c1-9-11(19)12(20)13(21-9)14(24)22-10-6-7-23(16(27)28,17(2,3)4)8-18(10,5)15(25)26/h10H,6-8H2,1-5H3,(H3-,21,22,24,25,26,27,28)/p+1/t10?,18-,23+/m1/s1. The van der Waals surface area contributed by atoms with Crippen molar-refractivity contribution in [3.63, 3.8) is 0 Å². The summed E-state index contributed by atoms with van der Waals surface area (Å²) in [5.74, 6) is -1.75. The molecule has 1 fully saturated rings. The van der Waals surface area contributed by atoms with Gasteiger partial charge in [0, 0.05) is 12.1 Å². The first-order chi connectivity index (χ1) is 12.7. The third-order valence-electron chi connectivity index (χ3n) is 5.89. The van der Waals surface area contributed by atoms with Crippen LogP contribution in [0.3, 0.4) is 0 Å². The SMILES string of the molecule is Cc1[nH]c(C(=O)NC2CC[N@+](C(=O)O)(C(C)(C)C)C[C@@]2(C)C(=O)O)c(Cl)c1Cl. The van der Waals surface area contributed by atoms with Crippen LogP contribution in [0.5, 0.6) is 0 Å². The van der Waals surface area contributed by atoms with E-state index >= 15 is 0 Å². The molecule has 1 aliphatic rings. The lowest BCUT2D eigenvalue weighted by molar-refractivity contribution is -0.913. The number of aliphatic carboxylic acids is 1. The lowest BCUT2D eigenvalue weighted by Crippen LogP contribution is -2.74. The van der Waals surface area contributed by atoms with E-state index in [1.165, 1.54) is 6.92 Å². The first-order valence-corrected chi connectivity index (χ1v) is 9.61. The quantitative estimate of drug-likeness (QED) is 0.542. The van der Waals surface area contributed by atoms with E-state index in [1.54, 1.807) is 27.7 Å². The molecule has 10 heteroatoms. The molecular weight excluding hydrogens is 409 g/mol. The van der Waals surface area contributed by atoms with E-state index in [-0.39, 0.29) is 35.2 Å². The second-order valence-corrected chi connectivity index (χ2v) is 9.35. The molecule has 1 aliphatic heterocycles. The number of aryl methyl sites for hydroxylation is 1. The van der Waals surface area contributed by atoms with Crippen molar-refractivity contribution in [2.75, 3.05) is 13.1 Å². The van der Waals surface area contributed by atoms with Gasteiger partial charge in [-0.2, -0.15) is 4.79 Å². The number of nitrogens with zero attached hydrogens (tertiary/aromatic N) is 1. The Hall–Kier alpha value is -1.77. The highest BCUT2D eigenvalue weighted by atomic mass is 35.5. The molecule has 1 aromatic rings. The Labute approximate surface area is 173 Å². The van der Waals surface area contributed by atoms with Gasteiger partial charge in [0.1, 0.15) is 23.2 Å². The van der Waals surface area contributed by atoms with Crippen molar-refractivity contribution in [1.29, 1.82) is 0 Å². The number of aromatic amines is 1. The van der Waals surface area contributed by atoms with Crippen molar-refractivity contribution < 1.29 is 29.1 Å². The van der Waals surface area contributed by atoms with E-state index in [0.717, 1.165) is 0 Å². The third-order valence-corrected chi connectivity index (χ3v) is 6.84. The zero-order chi connectivity index (χ0) is 21.7. The maximum absolute atomic E-state index is 12.7. The average molecular weight is 435 g/mol. The predicted molar refractivity (Wildman–Crippen MR) is 105 cm³/mol. The first kappa shape index (κ1) is 22.5. The van der Waals surface area contributed by atoms with Crippen molar-refractivity contribution in [3.05, 3.63) is 21.4 Å². The molecule has 1 aromatic heterocycles. The number of piperidine rings is 1. The number of H-pyrrole nitrogens is 1. The summed E-state index contributed by atoms with van der Waals surface area (Å²) in [6.45, 7) is 8.46. The van der Waals surface area contributed by atoms with E-state index in [2.05, 4.69) is 10.3 Å². The molecule has 0 saturated carbocycles. The van der Waals surface area contributed by atoms with E-state index in [4.69, 9.17) is 23.2 Å². The molecular formula is C18H26Cl2N3O5+. The third kappa shape index (κ3) is 3.49. The van der Waals surface area contributed by atoms with Gasteiger partial charge in [0.25, 0.3) is 5.91 Å². The predicted octanol–water partition coefficient (Wildman–Crippen LogP) is 3.52. The largest absolute Gasteiger partial charge is 0.514 e. The van der Waals surface area contributed by atoms with Crippen LogP contribution in [-0.4, -0.2) is 62.3 Å². The normalized spacial score (nSPS) is 28.0. The number of aromatic nitrogens is 1. The maximum Gasteiger partial charge on any atom is 0.514 e. The summed E-state index contributed by atoms with van der Waals surface area (Å²) in [4.78, 5) is 39.8. The molecule has 0 aliphatic carbocycles. The summed E-state index contributed by atoms with van der Waals surface area (Å²) in [6, 6.07) is -0.774. The number of nitrogens with one attached hydrogen (secondary N) is 2. The number of likely N-dealkylation sites (tertiary alicyclic amines) is 1. The zero-order valence-electron chi connectivity index (χ0n) is 16.5. The van der Waals surface area contributed by atoms with Gasteiger partial charge < -0.3 is 20.5 Å². The number of rotatable bonds is 3. The van der Waals surface area contributed by atoms with Crippen LogP contribution >= 0.6 is 23.2 Å². The van der Waals surface area contributed by atoms with Crippen molar-refractivity contribution >= 4 is 41.2 Å². The molecule has 4 N–H and O–H groups in total. The molecule has 2 heterocycles. The number of carboxylic acid groups (broad SMARTS) is 2. The van der Waals surface area contributed by atoms with Crippen LogP contribution in [0.1, 0.15) is 50.3 Å². The van der Waals surface area contributed by atoms with Gasteiger partial charge in [-0.25, -0.2) is 4.48 Å². The molecule has 0 radical (unpaired) electrons. The van der Waals surface area contributed by atoms with Gasteiger partial charge in [0.05, 0.1) is 22.6 Å². The molecule has 2 rings (SSSR count). The Morgan fingerprint density at radius 2 is 1.79 bits per heavy atom. The van der Waals surface area contributed by atoms with Crippen LogP contribution in [0.15, 0.2) is 0 Å². The minimum absolute atomic E-state index is 0.0530. The van der Waals surface area contributed by atoms with Gasteiger partial charge in [-0.3, -0.25) is 9.59 Å². The van der Waals surface area contributed by atoms with Crippen LogP contribution in [0.25, 0.3) is 0 Å². The Bertz CT molecular complexity index is 832. The van der Waals surface area contributed by atoms with Crippen LogP contribution in [-0.2, 0) is 4.79 Å². The Balaban J connectivity index is 2.39. The zero-order valence-corrected chi connectivity index (χ0v) is 18.0. The summed E-state index contributed by atoms with van der Waals surface area (Å²) >= 11 is 12.1. The van der Waals surface area contributed by atoms with E-state index in [0.29, 0.717) is 5.69 Å². The van der Waals surface area contributed by atoms with Gasteiger partial charge in [-0.1, -0.05) is 23.2 Å². The first-order valence-electron chi connectivity index (χ1n) is 8.86. The summed E-state index contributed by atoms with van der Waals surface area (Å²) in [7, 11) is 0. The summed E-state index contributed by atoms with van der Waals surface area (Å²) < 4.78 is -0.406. The molecule has 1 saturated heterocycles. The van der Waals surface area contributed by atoms with Crippen molar-refractivity contribution in [3.8, 4) is 0 Å². The molecule has 8 nitrogen and oxygen atoms in total. The van der Waals surface area contributed by atoms with Crippen molar-refractivity contribution in [1.82, 2.24) is 10.3 Å². The van der Waals surface area contributed by atoms with Gasteiger partial charge >= 0.3 is 12.1 Å². The molecule has 2 amide bonds. The van der Waals surface area contributed by atoms with E-state index in [1.807, 2.05) is 0 Å². The highest BCUT2D eigenvalue weighted by Crippen LogP contribution is 2.40. The lowest BCUT2D eigenvalue weighted by Gasteiger charge is -2.52. The molecule has 1 unspecified atom stereocenters. The maximum atomic E-state index is 12.7. The number of halogens is 2. The van der Waals surface area contributed by atoms with Gasteiger partial charge in [0.15, 0.2) is 0 Å². The Morgan fingerprint density at radius 3 is 2.18 bits per heavy atom. The van der Waals surface area contributed by atoms with E-state index in [9.17, 15) is 24.6 Å². The number of carboxylic acids is 1. The number of carbonyl (C=O) groups is 3. The monoisotopic (exact) mass is 434 g/mol. The van der Waals surface area contributed by atoms with Gasteiger partial charge in [0.2, 0.25) is 0 Å². The van der Waals surface area contributed by atoms with Crippen LogP contribution < -0.4 is 5.32 Å². The summed E-state index contributed by atoms with van der Waals surface area (Å²) in [5, 5.41) is 22.8. The molecule has 0 spiro atoms. The number of carbonyl (C=O) groups excluding carboxylic acids is 1. The number of quaternary nitrogens is 1. The summed E-state index contributed by atoms with van der Waals surface area (Å²) in [5.41, 5.74) is -1.63. The second-order valence-electron chi connectivity index (χ2n) is 8.59. The van der Waals surface area contributed by atoms with Crippen molar-refractivity contribution in [2.24, 2.45) is 5.41 Å². The van der Waals surface area contributed by atoms with Crippen LogP contribution in [0.4, 0.5) is 4.79 Å². The van der Waals surface area contributed by atoms with Crippen LogP contribution in [0, 0.1) is 12.3 Å². The smallest absolute Gasteiger partial charge is 0.481 e.